The van der Waals surface area contributed by atoms with E-state index in [4.69, 9.17) is 0 Å². The SMILES string of the molecule is CCOC(=O)C(=O)c1c(C)c(C(=O)OC)cn1C. The van der Waals surface area contributed by atoms with E-state index in [1.165, 1.54) is 17.9 Å². The van der Waals surface area contributed by atoms with Crippen molar-refractivity contribution >= 4 is 17.7 Å². The molecular formula is C12H15NO5. The summed E-state index contributed by atoms with van der Waals surface area (Å²) in [6, 6.07) is 0. The van der Waals surface area contributed by atoms with E-state index in [0.29, 0.717) is 5.56 Å². The van der Waals surface area contributed by atoms with Crippen LogP contribution in [0.1, 0.15) is 33.3 Å². The van der Waals surface area contributed by atoms with E-state index in [1.807, 2.05) is 0 Å². The Balaban J connectivity index is 3.18. The Kier molecular flexibility index (Phi) is 4.25. The average molecular weight is 253 g/mol. The van der Waals surface area contributed by atoms with E-state index in [9.17, 15) is 14.4 Å². The van der Waals surface area contributed by atoms with Gasteiger partial charge < -0.3 is 14.0 Å². The molecule has 0 spiro atoms. The van der Waals surface area contributed by atoms with Crippen LogP contribution in [0, 0.1) is 6.92 Å². The van der Waals surface area contributed by atoms with Crippen molar-refractivity contribution in [3.8, 4) is 0 Å². The predicted octanol–water partition coefficient (Wildman–Crippen LogP) is 0.866. The molecule has 0 bridgehead atoms. The van der Waals surface area contributed by atoms with Gasteiger partial charge in [-0.25, -0.2) is 9.59 Å². The summed E-state index contributed by atoms with van der Waals surface area (Å²) in [6.07, 6.45) is 1.45. The molecule has 1 aromatic heterocycles. The number of ether oxygens (including phenoxy) is 2. The van der Waals surface area contributed by atoms with Crippen LogP contribution in [0.2, 0.25) is 0 Å². The number of Topliss-reactive ketones (excluding diaryl/α,β-unsaturated/α-hetero) is 1. The predicted molar refractivity (Wildman–Crippen MR) is 62.5 cm³/mol. The normalized spacial score (nSPS) is 10.0. The molecule has 0 aromatic carbocycles. The molecule has 1 aromatic rings. The van der Waals surface area contributed by atoms with Crippen LogP contribution in [0.4, 0.5) is 0 Å². The highest BCUT2D eigenvalue weighted by Gasteiger charge is 2.26. The van der Waals surface area contributed by atoms with Crippen LogP contribution in [0.3, 0.4) is 0 Å². The van der Waals surface area contributed by atoms with Crippen molar-refractivity contribution in [1.82, 2.24) is 4.57 Å². The van der Waals surface area contributed by atoms with Gasteiger partial charge in [-0.1, -0.05) is 0 Å². The lowest BCUT2D eigenvalue weighted by Crippen LogP contribution is -2.21. The van der Waals surface area contributed by atoms with Crippen LogP contribution < -0.4 is 0 Å². The highest BCUT2D eigenvalue weighted by atomic mass is 16.5. The molecule has 0 unspecified atom stereocenters. The van der Waals surface area contributed by atoms with E-state index in [2.05, 4.69) is 9.47 Å². The Morgan fingerprint density at radius 3 is 2.44 bits per heavy atom. The third-order valence-electron chi connectivity index (χ3n) is 2.52. The van der Waals surface area contributed by atoms with E-state index < -0.39 is 17.7 Å². The molecule has 18 heavy (non-hydrogen) atoms. The van der Waals surface area contributed by atoms with Gasteiger partial charge in [0, 0.05) is 13.2 Å². The third-order valence-corrected chi connectivity index (χ3v) is 2.52. The highest BCUT2D eigenvalue weighted by Crippen LogP contribution is 2.17. The van der Waals surface area contributed by atoms with Crippen molar-refractivity contribution in [1.29, 1.82) is 0 Å². The van der Waals surface area contributed by atoms with E-state index in [-0.39, 0.29) is 17.9 Å². The molecule has 0 radical (unpaired) electrons. The number of hydrogen-bond donors (Lipinski definition) is 0. The Hall–Kier alpha value is -2.11. The minimum absolute atomic E-state index is 0.123. The second-order valence-electron chi connectivity index (χ2n) is 3.67. The Morgan fingerprint density at radius 2 is 1.94 bits per heavy atom. The fourth-order valence-electron chi connectivity index (χ4n) is 1.69. The first kappa shape index (κ1) is 14.0. The minimum atomic E-state index is -0.932. The molecule has 6 nitrogen and oxygen atoms in total. The van der Waals surface area contributed by atoms with Gasteiger partial charge in [0.15, 0.2) is 0 Å². The van der Waals surface area contributed by atoms with Crippen molar-refractivity contribution in [3.63, 3.8) is 0 Å². The van der Waals surface area contributed by atoms with Gasteiger partial charge in [0.05, 0.1) is 19.3 Å². The second-order valence-corrected chi connectivity index (χ2v) is 3.67. The number of ketones is 1. The number of carbonyl (C=O) groups is 3. The van der Waals surface area contributed by atoms with Gasteiger partial charge in [-0.05, 0) is 19.4 Å². The largest absolute Gasteiger partial charge is 0.465 e. The van der Waals surface area contributed by atoms with Gasteiger partial charge >= 0.3 is 11.9 Å². The lowest BCUT2D eigenvalue weighted by atomic mass is 10.1. The number of nitrogens with zero attached hydrogens (tertiary/aromatic N) is 1. The summed E-state index contributed by atoms with van der Waals surface area (Å²) in [6.45, 7) is 3.32. The monoisotopic (exact) mass is 253 g/mol. The third kappa shape index (κ3) is 2.42. The number of esters is 2. The van der Waals surface area contributed by atoms with Gasteiger partial charge in [-0.15, -0.1) is 0 Å². The molecule has 0 atom stereocenters. The summed E-state index contributed by atoms with van der Waals surface area (Å²) in [5.41, 5.74) is 0.795. The van der Waals surface area contributed by atoms with Crippen molar-refractivity contribution in [2.45, 2.75) is 13.8 Å². The summed E-state index contributed by atoms with van der Waals surface area (Å²) in [7, 11) is 2.83. The molecule has 6 heteroatoms. The summed E-state index contributed by atoms with van der Waals surface area (Å²) in [5.74, 6) is -2.25. The molecule has 0 aliphatic heterocycles. The van der Waals surface area contributed by atoms with Gasteiger partial charge in [-0.3, -0.25) is 4.79 Å². The van der Waals surface area contributed by atoms with Crippen molar-refractivity contribution in [3.05, 3.63) is 23.0 Å². The maximum atomic E-state index is 11.9. The summed E-state index contributed by atoms with van der Waals surface area (Å²) in [5, 5.41) is 0. The smallest absolute Gasteiger partial charge is 0.381 e. The molecule has 0 aliphatic rings. The number of rotatable bonds is 4. The zero-order chi connectivity index (χ0) is 13.9. The van der Waals surface area contributed by atoms with Gasteiger partial charge in [0.25, 0.3) is 5.78 Å². The molecule has 0 saturated heterocycles. The fraction of sp³-hybridized carbons (Fsp3) is 0.417. The summed E-state index contributed by atoms with van der Waals surface area (Å²) < 4.78 is 10.7. The fourth-order valence-corrected chi connectivity index (χ4v) is 1.69. The van der Waals surface area contributed by atoms with E-state index in [1.54, 1.807) is 20.9 Å². The van der Waals surface area contributed by atoms with Crippen LogP contribution in [0.5, 0.6) is 0 Å². The number of hydrogen-bond acceptors (Lipinski definition) is 5. The molecule has 0 aliphatic carbocycles. The van der Waals surface area contributed by atoms with E-state index in [0.717, 1.165) is 0 Å². The van der Waals surface area contributed by atoms with Crippen LogP contribution in [0.15, 0.2) is 6.20 Å². The zero-order valence-corrected chi connectivity index (χ0v) is 10.8. The molecule has 1 heterocycles. The standard InChI is InChI=1S/C12H15NO5/c1-5-18-12(16)10(14)9-7(2)8(6-13(9)3)11(15)17-4/h6H,5H2,1-4H3. The van der Waals surface area contributed by atoms with Crippen LogP contribution >= 0.6 is 0 Å². The first-order valence-corrected chi connectivity index (χ1v) is 5.39. The highest BCUT2D eigenvalue weighted by molar-refractivity contribution is 6.40. The van der Waals surface area contributed by atoms with Crippen LogP contribution in [-0.4, -0.2) is 36.0 Å². The van der Waals surface area contributed by atoms with Crippen LogP contribution in [-0.2, 0) is 21.3 Å². The quantitative estimate of drug-likeness (QED) is 0.452. The lowest BCUT2D eigenvalue weighted by Gasteiger charge is -2.03. The molecule has 0 saturated carbocycles. The van der Waals surface area contributed by atoms with Crippen molar-refractivity contribution < 1.29 is 23.9 Å². The first-order valence-electron chi connectivity index (χ1n) is 5.39. The maximum absolute atomic E-state index is 11.9. The minimum Gasteiger partial charge on any atom is -0.465 e. The lowest BCUT2D eigenvalue weighted by molar-refractivity contribution is -0.137. The summed E-state index contributed by atoms with van der Waals surface area (Å²) in [4.78, 5) is 34.7. The average Bonchev–Trinajstić information content (AvgIpc) is 2.63. The van der Waals surface area contributed by atoms with Gasteiger partial charge in [-0.2, -0.15) is 0 Å². The number of carbonyl (C=O) groups excluding carboxylic acids is 3. The summed E-state index contributed by atoms with van der Waals surface area (Å²) >= 11 is 0. The van der Waals surface area contributed by atoms with E-state index >= 15 is 0 Å². The molecule has 0 fully saturated rings. The molecular weight excluding hydrogens is 238 g/mol. The molecule has 1 rings (SSSR count). The first-order chi connectivity index (χ1) is 8.43. The number of methoxy groups -OCH3 is 1. The zero-order valence-electron chi connectivity index (χ0n) is 10.8. The van der Waals surface area contributed by atoms with Crippen molar-refractivity contribution in [2.75, 3.05) is 13.7 Å². The van der Waals surface area contributed by atoms with Gasteiger partial charge in [0.2, 0.25) is 0 Å². The Bertz CT molecular complexity index is 501. The maximum Gasteiger partial charge on any atom is 0.381 e. The molecule has 0 amide bonds. The molecule has 0 N–H and O–H groups in total. The van der Waals surface area contributed by atoms with Crippen molar-refractivity contribution in [2.24, 2.45) is 7.05 Å². The second kappa shape index (κ2) is 5.48. The Morgan fingerprint density at radius 1 is 1.33 bits per heavy atom. The molecule has 98 valence electrons. The number of aryl methyl sites for hydroxylation is 1. The topological polar surface area (TPSA) is 74.6 Å². The van der Waals surface area contributed by atoms with Crippen LogP contribution in [0.25, 0.3) is 0 Å². The van der Waals surface area contributed by atoms with Gasteiger partial charge in [0.1, 0.15) is 5.69 Å². The Labute approximate surface area is 104 Å². The number of aromatic nitrogens is 1.